The normalized spacial score (nSPS) is 20.4. The van der Waals surface area contributed by atoms with E-state index >= 15 is 0 Å². The molecule has 14 heavy (non-hydrogen) atoms. The molecule has 4 nitrogen and oxygen atoms in total. The molecule has 82 valence electrons. The standard InChI is InChI=1S/C10H20N2O2/c1-3-6-14-7-10(2,9(11)13)12-8-4-5-8/h8,12H,3-7H2,1-2H3,(H2,11,13). The molecule has 1 aliphatic carbocycles. The van der Waals surface area contributed by atoms with E-state index in [1.807, 2.05) is 13.8 Å². The number of rotatable bonds is 7. The number of nitrogens with one attached hydrogen (secondary N) is 1. The van der Waals surface area contributed by atoms with Gasteiger partial charge in [-0.15, -0.1) is 0 Å². The third-order valence-corrected chi connectivity index (χ3v) is 2.38. The smallest absolute Gasteiger partial charge is 0.239 e. The summed E-state index contributed by atoms with van der Waals surface area (Å²) in [6, 6.07) is 0.456. The largest absolute Gasteiger partial charge is 0.379 e. The fourth-order valence-corrected chi connectivity index (χ4v) is 1.28. The molecule has 1 fully saturated rings. The number of nitrogens with two attached hydrogens (primary N) is 1. The summed E-state index contributed by atoms with van der Waals surface area (Å²) in [6.07, 6.45) is 3.23. The van der Waals surface area contributed by atoms with E-state index in [-0.39, 0.29) is 5.91 Å². The minimum atomic E-state index is -0.698. The molecule has 0 bridgehead atoms. The highest BCUT2D eigenvalue weighted by Crippen LogP contribution is 2.22. The number of carbonyl (C=O) groups excluding carboxylic acids is 1. The second-order valence-electron chi connectivity index (χ2n) is 4.17. The molecule has 0 aliphatic heterocycles. The lowest BCUT2D eigenvalue weighted by Crippen LogP contribution is -2.57. The van der Waals surface area contributed by atoms with Crippen LogP contribution in [0, 0.1) is 0 Å². The Bertz CT molecular complexity index is 204. The van der Waals surface area contributed by atoms with Crippen LogP contribution in [0.5, 0.6) is 0 Å². The van der Waals surface area contributed by atoms with Gasteiger partial charge < -0.3 is 10.5 Å². The van der Waals surface area contributed by atoms with Crippen LogP contribution in [0.25, 0.3) is 0 Å². The number of carbonyl (C=O) groups is 1. The maximum Gasteiger partial charge on any atom is 0.239 e. The SMILES string of the molecule is CCCOCC(C)(NC1CC1)C(N)=O. The minimum Gasteiger partial charge on any atom is -0.379 e. The molecule has 1 amide bonds. The van der Waals surface area contributed by atoms with Gasteiger partial charge >= 0.3 is 0 Å². The van der Waals surface area contributed by atoms with E-state index in [9.17, 15) is 4.79 Å². The molecule has 0 aromatic heterocycles. The van der Waals surface area contributed by atoms with E-state index < -0.39 is 5.54 Å². The second kappa shape index (κ2) is 4.75. The lowest BCUT2D eigenvalue weighted by atomic mass is 10.0. The van der Waals surface area contributed by atoms with Gasteiger partial charge in [0.25, 0.3) is 0 Å². The van der Waals surface area contributed by atoms with Gasteiger partial charge in [0, 0.05) is 12.6 Å². The Balaban J connectivity index is 2.38. The van der Waals surface area contributed by atoms with Crippen LogP contribution in [0.1, 0.15) is 33.1 Å². The first-order valence-electron chi connectivity index (χ1n) is 5.24. The maximum absolute atomic E-state index is 11.3. The Labute approximate surface area is 85.2 Å². The first kappa shape index (κ1) is 11.5. The average molecular weight is 200 g/mol. The number of hydrogen-bond donors (Lipinski definition) is 2. The molecule has 0 aromatic carbocycles. The molecule has 0 radical (unpaired) electrons. The average Bonchev–Trinajstić information content (AvgIpc) is 2.88. The van der Waals surface area contributed by atoms with Crippen LogP contribution in [0.15, 0.2) is 0 Å². The zero-order valence-corrected chi connectivity index (χ0v) is 9.01. The first-order valence-corrected chi connectivity index (χ1v) is 5.24. The molecule has 3 N–H and O–H groups in total. The van der Waals surface area contributed by atoms with Gasteiger partial charge in [0.1, 0.15) is 5.54 Å². The predicted octanol–water partition coefficient (Wildman–Crippen LogP) is 0.409. The highest BCUT2D eigenvalue weighted by Gasteiger charge is 2.37. The molecule has 1 rings (SSSR count). The molecule has 0 aromatic rings. The van der Waals surface area contributed by atoms with Crippen LogP contribution < -0.4 is 11.1 Å². The van der Waals surface area contributed by atoms with Crippen molar-refractivity contribution in [3.8, 4) is 0 Å². The summed E-state index contributed by atoms with van der Waals surface area (Å²) >= 11 is 0. The summed E-state index contributed by atoms with van der Waals surface area (Å²) in [5, 5.41) is 3.23. The Morgan fingerprint density at radius 1 is 1.64 bits per heavy atom. The molecule has 1 unspecified atom stereocenters. The Morgan fingerprint density at radius 3 is 2.71 bits per heavy atom. The lowest BCUT2D eigenvalue weighted by Gasteiger charge is -2.27. The van der Waals surface area contributed by atoms with Crippen LogP contribution in [0.3, 0.4) is 0 Å². The van der Waals surface area contributed by atoms with Crippen molar-refractivity contribution in [3.05, 3.63) is 0 Å². The fourth-order valence-electron chi connectivity index (χ4n) is 1.28. The molecule has 0 spiro atoms. The zero-order chi connectivity index (χ0) is 10.6. The van der Waals surface area contributed by atoms with Gasteiger partial charge in [-0.05, 0) is 26.2 Å². The van der Waals surface area contributed by atoms with Crippen molar-refractivity contribution in [2.45, 2.75) is 44.7 Å². The third-order valence-electron chi connectivity index (χ3n) is 2.38. The summed E-state index contributed by atoms with van der Waals surface area (Å²) in [7, 11) is 0. The van der Waals surface area contributed by atoms with Crippen molar-refractivity contribution in [1.82, 2.24) is 5.32 Å². The quantitative estimate of drug-likeness (QED) is 0.585. The number of primary amides is 1. The first-order chi connectivity index (χ1) is 6.58. The highest BCUT2D eigenvalue weighted by atomic mass is 16.5. The van der Waals surface area contributed by atoms with E-state index in [2.05, 4.69) is 5.32 Å². The summed E-state index contributed by atoms with van der Waals surface area (Å²) < 4.78 is 5.37. The highest BCUT2D eigenvalue weighted by molar-refractivity contribution is 5.84. The van der Waals surface area contributed by atoms with Gasteiger partial charge in [-0.3, -0.25) is 10.1 Å². The summed E-state index contributed by atoms with van der Waals surface area (Å²) in [5.41, 5.74) is 4.65. The maximum atomic E-state index is 11.3. The number of amides is 1. The van der Waals surface area contributed by atoms with E-state index in [1.165, 1.54) is 0 Å². The summed E-state index contributed by atoms with van der Waals surface area (Å²) in [5.74, 6) is -0.333. The molecule has 1 aliphatic rings. The van der Waals surface area contributed by atoms with Gasteiger partial charge in [0.05, 0.1) is 6.61 Å². The van der Waals surface area contributed by atoms with Gasteiger partial charge in [0.15, 0.2) is 0 Å². The Kier molecular flexibility index (Phi) is 3.89. The second-order valence-corrected chi connectivity index (χ2v) is 4.17. The monoisotopic (exact) mass is 200 g/mol. The van der Waals surface area contributed by atoms with Gasteiger partial charge in [-0.25, -0.2) is 0 Å². The van der Waals surface area contributed by atoms with E-state index in [4.69, 9.17) is 10.5 Å². The lowest BCUT2D eigenvalue weighted by molar-refractivity contribution is -0.126. The fraction of sp³-hybridized carbons (Fsp3) is 0.900. The molecular weight excluding hydrogens is 180 g/mol. The van der Waals surface area contributed by atoms with Crippen LogP contribution >= 0.6 is 0 Å². The minimum absolute atomic E-state index is 0.333. The molecule has 1 atom stereocenters. The van der Waals surface area contributed by atoms with Crippen LogP contribution in [0.2, 0.25) is 0 Å². The number of hydrogen-bond acceptors (Lipinski definition) is 3. The van der Waals surface area contributed by atoms with Crippen molar-refractivity contribution in [3.63, 3.8) is 0 Å². The van der Waals surface area contributed by atoms with Crippen molar-refractivity contribution < 1.29 is 9.53 Å². The van der Waals surface area contributed by atoms with Crippen molar-refractivity contribution >= 4 is 5.91 Å². The third kappa shape index (κ3) is 3.27. The van der Waals surface area contributed by atoms with E-state index in [1.54, 1.807) is 0 Å². The molecule has 0 saturated heterocycles. The van der Waals surface area contributed by atoms with Crippen molar-refractivity contribution in [1.29, 1.82) is 0 Å². The van der Waals surface area contributed by atoms with Crippen LogP contribution in [0.4, 0.5) is 0 Å². The van der Waals surface area contributed by atoms with Crippen molar-refractivity contribution in [2.24, 2.45) is 5.73 Å². The van der Waals surface area contributed by atoms with Gasteiger partial charge in [-0.1, -0.05) is 6.92 Å². The summed E-state index contributed by atoms with van der Waals surface area (Å²) in [6.45, 7) is 4.89. The van der Waals surface area contributed by atoms with Gasteiger partial charge in [-0.2, -0.15) is 0 Å². The Hall–Kier alpha value is -0.610. The summed E-state index contributed by atoms with van der Waals surface area (Å²) in [4.78, 5) is 11.3. The Morgan fingerprint density at radius 2 is 2.29 bits per heavy atom. The zero-order valence-electron chi connectivity index (χ0n) is 9.01. The topological polar surface area (TPSA) is 64.3 Å². The molecular formula is C10H20N2O2. The molecule has 4 heteroatoms. The predicted molar refractivity (Wildman–Crippen MR) is 54.9 cm³/mol. The van der Waals surface area contributed by atoms with Crippen molar-refractivity contribution in [2.75, 3.05) is 13.2 Å². The molecule has 1 saturated carbocycles. The van der Waals surface area contributed by atoms with Crippen LogP contribution in [-0.2, 0) is 9.53 Å². The number of ether oxygens (including phenoxy) is 1. The van der Waals surface area contributed by atoms with E-state index in [0.29, 0.717) is 19.3 Å². The van der Waals surface area contributed by atoms with Gasteiger partial charge in [0.2, 0.25) is 5.91 Å². The van der Waals surface area contributed by atoms with Crippen LogP contribution in [-0.4, -0.2) is 30.7 Å². The molecule has 0 heterocycles. The van der Waals surface area contributed by atoms with E-state index in [0.717, 1.165) is 19.3 Å².